The Morgan fingerprint density at radius 1 is 1.39 bits per heavy atom. The summed E-state index contributed by atoms with van der Waals surface area (Å²) in [6.07, 6.45) is -1.88. The monoisotopic (exact) mass is 259 g/mol. The van der Waals surface area contributed by atoms with Gasteiger partial charge < -0.3 is 10.5 Å². The second kappa shape index (κ2) is 4.83. The summed E-state index contributed by atoms with van der Waals surface area (Å²) in [6, 6.07) is 2.56. The molecule has 7 heteroatoms. The molecular weight excluding hydrogens is 247 g/mol. The van der Waals surface area contributed by atoms with Crippen molar-refractivity contribution < 1.29 is 17.9 Å². The van der Waals surface area contributed by atoms with Crippen LogP contribution in [0.3, 0.4) is 0 Å². The van der Waals surface area contributed by atoms with Gasteiger partial charge in [-0.25, -0.2) is 4.99 Å². The van der Waals surface area contributed by atoms with Crippen molar-refractivity contribution in [1.29, 1.82) is 0 Å². The molecule has 1 atom stereocenters. The number of nitrogens with two attached hydrogens (primary N) is 1. The summed E-state index contributed by atoms with van der Waals surface area (Å²) in [5, 5.41) is 0. The number of pyridine rings is 1. The van der Waals surface area contributed by atoms with E-state index in [1.54, 1.807) is 0 Å². The predicted octanol–water partition coefficient (Wildman–Crippen LogP) is 1.75. The zero-order chi connectivity index (χ0) is 13.2. The van der Waals surface area contributed by atoms with Gasteiger partial charge in [0.05, 0.1) is 6.04 Å². The van der Waals surface area contributed by atoms with Crippen molar-refractivity contribution in [3.63, 3.8) is 0 Å². The van der Waals surface area contributed by atoms with E-state index in [9.17, 15) is 13.2 Å². The molecule has 1 aromatic heterocycles. The zero-order valence-electron chi connectivity index (χ0n) is 9.44. The Morgan fingerprint density at radius 3 is 2.67 bits per heavy atom. The lowest BCUT2D eigenvalue weighted by molar-refractivity contribution is -0.141. The molecule has 0 aromatic carbocycles. The van der Waals surface area contributed by atoms with E-state index in [2.05, 4.69) is 9.98 Å². The fraction of sp³-hybridized carbons (Fsp3) is 0.455. The van der Waals surface area contributed by atoms with Crippen LogP contribution >= 0.6 is 0 Å². The first-order chi connectivity index (χ1) is 8.45. The van der Waals surface area contributed by atoms with Gasteiger partial charge in [0.2, 0.25) is 0 Å². The lowest BCUT2D eigenvalue weighted by atomic mass is 10.1. The summed E-state index contributed by atoms with van der Waals surface area (Å²) in [5.41, 5.74) is 5.21. The molecule has 1 unspecified atom stereocenters. The topological polar surface area (TPSA) is 60.5 Å². The van der Waals surface area contributed by atoms with Crippen molar-refractivity contribution in [2.24, 2.45) is 10.7 Å². The van der Waals surface area contributed by atoms with Crippen LogP contribution in [0.2, 0.25) is 0 Å². The molecule has 0 saturated carbocycles. The van der Waals surface area contributed by atoms with Crippen LogP contribution in [0.4, 0.5) is 13.2 Å². The fourth-order valence-corrected chi connectivity index (χ4v) is 1.66. The largest absolute Gasteiger partial charge is 0.463 e. The summed E-state index contributed by atoms with van der Waals surface area (Å²) < 4.78 is 41.8. The highest BCUT2D eigenvalue weighted by Gasteiger charge is 2.32. The van der Waals surface area contributed by atoms with Gasteiger partial charge in [-0.05, 0) is 24.5 Å². The van der Waals surface area contributed by atoms with E-state index in [1.165, 1.54) is 12.3 Å². The van der Waals surface area contributed by atoms with Gasteiger partial charge in [-0.2, -0.15) is 13.2 Å². The molecule has 1 aromatic rings. The Morgan fingerprint density at radius 2 is 2.17 bits per heavy atom. The first-order valence-electron chi connectivity index (χ1n) is 5.43. The minimum atomic E-state index is -4.39. The van der Waals surface area contributed by atoms with Crippen molar-refractivity contribution in [2.75, 3.05) is 6.61 Å². The van der Waals surface area contributed by atoms with Crippen molar-refractivity contribution in [3.05, 3.63) is 29.6 Å². The molecule has 0 fully saturated rings. The second-order valence-electron chi connectivity index (χ2n) is 4.02. The lowest BCUT2D eigenvalue weighted by Gasteiger charge is -2.07. The van der Waals surface area contributed by atoms with Gasteiger partial charge in [-0.15, -0.1) is 0 Å². The second-order valence-corrected chi connectivity index (χ2v) is 4.02. The third-order valence-corrected chi connectivity index (χ3v) is 2.61. The first-order valence-corrected chi connectivity index (χ1v) is 5.43. The summed E-state index contributed by atoms with van der Waals surface area (Å²) >= 11 is 0. The van der Waals surface area contributed by atoms with Crippen LogP contribution in [0, 0.1) is 0 Å². The number of amidine groups is 1. The molecular formula is C11H12F3N3O. The minimum absolute atomic E-state index is 0.0210. The Labute approximate surface area is 102 Å². The van der Waals surface area contributed by atoms with Crippen LogP contribution in [-0.2, 0) is 17.3 Å². The van der Waals surface area contributed by atoms with Gasteiger partial charge >= 0.3 is 6.18 Å². The average Bonchev–Trinajstić information content (AvgIpc) is 2.72. The molecule has 0 amide bonds. The van der Waals surface area contributed by atoms with Crippen molar-refractivity contribution in [2.45, 2.75) is 25.1 Å². The summed E-state index contributed by atoms with van der Waals surface area (Å²) in [5.74, 6) is 0. The molecule has 0 bridgehead atoms. The van der Waals surface area contributed by atoms with E-state index in [-0.39, 0.29) is 12.1 Å². The number of hydrogen-bond acceptors (Lipinski definition) is 4. The van der Waals surface area contributed by atoms with Gasteiger partial charge in [-0.3, -0.25) is 4.98 Å². The van der Waals surface area contributed by atoms with Crippen LogP contribution in [0.15, 0.2) is 23.3 Å². The fourth-order valence-electron chi connectivity index (χ4n) is 1.66. The Kier molecular flexibility index (Phi) is 3.40. The number of aromatic nitrogens is 1. The molecule has 2 heterocycles. The number of aryl methyl sites for hydroxylation is 1. The van der Waals surface area contributed by atoms with E-state index in [1.807, 2.05) is 0 Å². The number of rotatable bonds is 3. The van der Waals surface area contributed by atoms with Crippen molar-refractivity contribution in [1.82, 2.24) is 4.98 Å². The van der Waals surface area contributed by atoms with Crippen molar-refractivity contribution in [3.8, 4) is 0 Å². The highest BCUT2D eigenvalue weighted by molar-refractivity contribution is 5.72. The summed E-state index contributed by atoms with van der Waals surface area (Å²) in [7, 11) is 0. The minimum Gasteiger partial charge on any atom is -0.463 e. The Hall–Kier alpha value is -1.79. The van der Waals surface area contributed by atoms with Crippen LogP contribution in [0.1, 0.15) is 17.7 Å². The van der Waals surface area contributed by atoms with Crippen LogP contribution in [-0.4, -0.2) is 23.7 Å². The molecule has 1 aliphatic rings. The van der Waals surface area contributed by atoms with E-state index in [4.69, 9.17) is 10.5 Å². The highest BCUT2D eigenvalue weighted by atomic mass is 19.4. The molecule has 2 rings (SSSR count). The predicted molar refractivity (Wildman–Crippen MR) is 58.9 cm³/mol. The number of ether oxygens (including phenoxy) is 1. The third kappa shape index (κ3) is 3.12. The van der Waals surface area contributed by atoms with Crippen molar-refractivity contribution >= 4 is 6.02 Å². The number of alkyl halides is 3. The maximum Gasteiger partial charge on any atom is 0.433 e. The van der Waals surface area contributed by atoms with Gasteiger partial charge in [0.25, 0.3) is 6.02 Å². The standard InChI is InChI=1S/C11H12F3N3O/c12-11(13,14)9-4-2-7(5-16-9)1-3-8-6-18-10(15)17-8/h2,4-5,8H,1,3,6H2,(H2,15,17). The summed E-state index contributed by atoms with van der Waals surface area (Å²) in [6.45, 7) is 0.430. The van der Waals surface area contributed by atoms with Crippen LogP contribution in [0.5, 0.6) is 0 Å². The number of aliphatic imine (C=N–C) groups is 1. The van der Waals surface area contributed by atoms with Crippen LogP contribution < -0.4 is 5.73 Å². The maximum atomic E-state index is 12.3. The number of halogens is 3. The molecule has 0 saturated heterocycles. The van der Waals surface area contributed by atoms with E-state index >= 15 is 0 Å². The van der Waals surface area contributed by atoms with Gasteiger partial charge in [0, 0.05) is 6.20 Å². The van der Waals surface area contributed by atoms with Gasteiger partial charge in [0.1, 0.15) is 12.3 Å². The molecule has 98 valence electrons. The smallest absolute Gasteiger partial charge is 0.433 e. The summed E-state index contributed by atoms with van der Waals surface area (Å²) in [4.78, 5) is 7.43. The first kappa shape index (κ1) is 12.7. The normalized spacial score (nSPS) is 19.5. The van der Waals surface area contributed by atoms with E-state index < -0.39 is 11.9 Å². The quantitative estimate of drug-likeness (QED) is 0.899. The van der Waals surface area contributed by atoms with Gasteiger partial charge in [0.15, 0.2) is 0 Å². The van der Waals surface area contributed by atoms with Crippen LogP contribution in [0.25, 0.3) is 0 Å². The molecule has 0 radical (unpaired) electrons. The third-order valence-electron chi connectivity index (χ3n) is 2.61. The molecule has 2 N–H and O–H groups in total. The maximum absolute atomic E-state index is 12.3. The molecule has 4 nitrogen and oxygen atoms in total. The van der Waals surface area contributed by atoms with Gasteiger partial charge in [-0.1, -0.05) is 6.07 Å². The average molecular weight is 259 g/mol. The molecule has 1 aliphatic heterocycles. The Bertz CT molecular complexity index is 442. The molecule has 0 aliphatic carbocycles. The zero-order valence-corrected chi connectivity index (χ0v) is 9.44. The van der Waals surface area contributed by atoms with E-state index in [0.29, 0.717) is 19.4 Å². The number of hydrogen-bond donors (Lipinski definition) is 1. The SMILES string of the molecule is NC1=NC(CCc2ccc(C(F)(F)F)nc2)CO1. The molecule has 18 heavy (non-hydrogen) atoms. The van der Waals surface area contributed by atoms with E-state index in [0.717, 1.165) is 11.6 Å². The Balaban J connectivity index is 1.91. The highest BCUT2D eigenvalue weighted by Crippen LogP contribution is 2.27. The lowest BCUT2D eigenvalue weighted by Crippen LogP contribution is -2.10. The number of nitrogens with zero attached hydrogens (tertiary/aromatic N) is 2. The molecule has 0 spiro atoms.